The molecule has 1 amide bonds. The fraction of sp³-hybridized carbons (Fsp3) is 0.294. The van der Waals surface area contributed by atoms with Gasteiger partial charge >= 0.3 is 0 Å². The third-order valence-corrected chi connectivity index (χ3v) is 3.35. The van der Waals surface area contributed by atoms with Crippen molar-refractivity contribution in [3.8, 4) is 0 Å². The highest BCUT2D eigenvalue weighted by Crippen LogP contribution is 2.20. The highest BCUT2D eigenvalue weighted by atomic mass is 16.5. The first-order valence-corrected chi connectivity index (χ1v) is 7.18. The van der Waals surface area contributed by atoms with Crippen molar-refractivity contribution in [3.05, 3.63) is 53.3 Å². The molecule has 0 aliphatic carbocycles. The minimum absolute atomic E-state index is 0.208. The summed E-state index contributed by atoms with van der Waals surface area (Å²) in [6, 6.07) is 9.46. The van der Waals surface area contributed by atoms with E-state index >= 15 is 0 Å². The number of carbonyl (C=O) groups is 1. The zero-order valence-corrected chi connectivity index (χ0v) is 13.1. The number of amides is 1. The molecule has 1 aromatic carbocycles. The van der Waals surface area contributed by atoms with Gasteiger partial charge in [0.25, 0.3) is 5.91 Å². The molecule has 0 spiro atoms. The standard InChI is InChI=1S/C17H21N3O2/c1-12-5-4-6-13(2)16(12)20-17(21)15-8-7-14(11-19-15)18-9-10-22-3/h4-8,11,18H,9-10H2,1-3H3,(H,20,21). The number of methoxy groups -OCH3 is 1. The van der Waals surface area contributed by atoms with Crippen LogP contribution in [0.15, 0.2) is 36.5 Å². The third kappa shape index (κ3) is 4.05. The van der Waals surface area contributed by atoms with Gasteiger partial charge in [-0.05, 0) is 37.1 Å². The summed E-state index contributed by atoms with van der Waals surface area (Å²) < 4.78 is 4.97. The molecule has 1 aromatic heterocycles. The first kappa shape index (κ1) is 16.0. The van der Waals surface area contributed by atoms with E-state index in [2.05, 4.69) is 15.6 Å². The van der Waals surface area contributed by atoms with Gasteiger partial charge in [0.15, 0.2) is 0 Å². The quantitative estimate of drug-likeness (QED) is 0.805. The molecule has 5 heteroatoms. The molecule has 0 unspecified atom stereocenters. The predicted molar refractivity (Wildman–Crippen MR) is 88.5 cm³/mol. The molecule has 2 N–H and O–H groups in total. The maximum atomic E-state index is 12.3. The number of benzene rings is 1. The van der Waals surface area contributed by atoms with Crippen LogP contribution in [0.5, 0.6) is 0 Å². The summed E-state index contributed by atoms with van der Waals surface area (Å²) in [5, 5.41) is 6.09. The summed E-state index contributed by atoms with van der Waals surface area (Å²) in [5.41, 5.74) is 4.16. The van der Waals surface area contributed by atoms with Crippen LogP contribution >= 0.6 is 0 Å². The average molecular weight is 299 g/mol. The van der Waals surface area contributed by atoms with Crippen molar-refractivity contribution >= 4 is 17.3 Å². The number of rotatable bonds is 6. The highest BCUT2D eigenvalue weighted by molar-refractivity contribution is 6.03. The molecule has 0 fully saturated rings. The van der Waals surface area contributed by atoms with Gasteiger partial charge in [-0.3, -0.25) is 4.79 Å². The largest absolute Gasteiger partial charge is 0.383 e. The molecule has 0 saturated heterocycles. The smallest absolute Gasteiger partial charge is 0.274 e. The van der Waals surface area contributed by atoms with Crippen molar-refractivity contribution in [2.45, 2.75) is 13.8 Å². The van der Waals surface area contributed by atoms with Crippen LogP contribution in [0.2, 0.25) is 0 Å². The Hall–Kier alpha value is -2.40. The van der Waals surface area contributed by atoms with E-state index in [9.17, 15) is 4.79 Å². The number of nitrogens with zero attached hydrogens (tertiary/aromatic N) is 1. The molecule has 0 radical (unpaired) electrons. The number of aryl methyl sites for hydroxylation is 2. The van der Waals surface area contributed by atoms with E-state index in [1.807, 2.05) is 38.1 Å². The Morgan fingerprint density at radius 1 is 1.18 bits per heavy atom. The summed E-state index contributed by atoms with van der Waals surface area (Å²) in [5.74, 6) is -0.208. The molecule has 0 aliphatic rings. The molecule has 0 atom stereocenters. The lowest BCUT2D eigenvalue weighted by molar-refractivity contribution is 0.102. The summed E-state index contributed by atoms with van der Waals surface area (Å²) in [6.07, 6.45) is 1.65. The van der Waals surface area contributed by atoms with Gasteiger partial charge in [0, 0.05) is 19.3 Å². The molecule has 2 aromatic rings. The second kappa shape index (κ2) is 7.56. The minimum Gasteiger partial charge on any atom is -0.383 e. The molecule has 1 heterocycles. The number of carbonyl (C=O) groups excluding carboxylic acids is 1. The number of pyridine rings is 1. The van der Waals surface area contributed by atoms with E-state index in [0.717, 1.165) is 22.5 Å². The normalized spacial score (nSPS) is 10.3. The predicted octanol–water partition coefficient (Wildman–Crippen LogP) is 3.01. The Bertz CT molecular complexity index is 619. The summed E-state index contributed by atoms with van der Waals surface area (Å²) in [7, 11) is 1.65. The Morgan fingerprint density at radius 3 is 2.50 bits per heavy atom. The van der Waals surface area contributed by atoms with Crippen molar-refractivity contribution in [1.29, 1.82) is 0 Å². The summed E-state index contributed by atoms with van der Waals surface area (Å²) in [4.78, 5) is 16.5. The van der Waals surface area contributed by atoms with E-state index in [1.165, 1.54) is 0 Å². The molecular weight excluding hydrogens is 278 g/mol. The SMILES string of the molecule is COCCNc1ccc(C(=O)Nc2c(C)cccc2C)nc1. The van der Waals surface area contributed by atoms with E-state index in [0.29, 0.717) is 18.8 Å². The second-order valence-electron chi connectivity index (χ2n) is 5.07. The van der Waals surface area contributed by atoms with Gasteiger partial charge in [-0.25, -0.2) is 4.98 Å². The number of hydrogen-bond acceptors (Lipinski definition) is 4. The molecule has 0 saturated carbocycles. The fourth-order valence-corrected chi connectivity index (χ4v) is 2.12. The monoisotopic (exact) mass is 299 g/mol. The zero-order valence-electron chi connectivity index (χ0n) is 13.1. The minimum atomic E-state index is -0.208. The van der Waals surface area contributed by atoms with E-state index in [4.69, 9.17) is 4.74 Å². The zero-order chi connectivity index (χ0) is 15.9. The van der Waals surface area contributed by atoms with Crippen LogP contribution in [-0.2, 0) is 4.74 Å². The van der Waals surface area contributed by atoms with Crippen molar-refractivity contribution in [3.63, 3.8) is 0 Å². The molecule has 2 rings (SSSR count). The summed E-state index contributed by atoms with van der Waals surface area (Å²) >= 11 is 0. The van der Waals surface area contributed by atoms with E-state index in [1.54, 1.807) is 19.4 Å². The number of anilines is 2. The molecule has 116 valence electrons. The van der Waals surface area contributed by atoms with Crippen LogP contribution in [-0.4, -0.2) is 31.2 Å². The maximum Gasteiger partial charge on any atom is 0.274 e. The van der Waals surface area contributed by atoms with Crippen molar-refractivity contribution < 1.29 is 9.53 Å². The van der Waals surface area contributed by atoms with Gasteiger partial charge < -0.3 is 15.4 Å². The van der Waals surface area contributed by atoms with E-state index < -0.39 is 0 Å². The number of hydrogen-bond donors (Lipinski definition) is 2. The Morgan fingerprint density at radius 2 is 1.91 bits per heavy atom. The lowest BCUT2D eigenvalue weighted by Crippen LogP contribution is -2.15. The lowest BCUT2D eigenvalue weighted by atomic mass is 10.1. The number of aromatic nitrogens is 1. The Balaban J connectivity index is 2.04. The lowest BCUT2D eigenvalue weighted by Gasteiger charge is -2.11. The molecule has 22 heavy (non-hydrogen) atoms. The Labute approximate surface area is 130 Å². The van der Waals surface area contributed by atoms with Crippen LogP contribution in [0.4, 0.5) is 11.4 Å². The number of para-hydroxylation sites is 1. The van der Waals surface area contributed by atoms with Gasteiger partial charge in [-0.15, -0.1) is 0 Å². The number of nitrogens with one attached hydrogen (secondary N) is 2. The molecule has 5 nitrogen and oxygen atoms in total. The first-order chi connectivity index (χ1) is 10.6. The number of ether oxygens (including phenoxy) is 1. The van der Waals surface area contributed by atoms with Crippen LogP contribution < -0.4 is 10.6 Å². The summed E-state index contributed by atoms with van der Waals surface area (Å²) in [6.45, 7) is 5.26. The van der Waals surface area contributed by atoms with Crippen LogP contribution in [0.3, 0.4) is 0 Å². The van der Waals surface area contributed by atoms with Gasteiger partial charge in [-0.2, -0.15) is 0 Å². The van der Waals surface area contributed by atoms with Gasteiger partial charge in [-0.1, -0.05) is 18.2 Å². The maximum absolute atomic E-state index is 12.3. The van der Waals surface area contributed by atoms with Crippen LogP contribution in [0, 0.1) is 13.8 Å². The average Bonchev–Trinajstić information content (AvgIpc) is 2.52. The van der Waals surface area contributed by atoms with Crippen molar-refractivity contribution in [2.24, 2.45) is 0 Å². The molecular formula is C17H21N3O2. The Kier molecular flexibility index (Phi) is 5.49. The van der Waals surface area contributed by atoms with Gasteiger partial charge in [0.1, 0.15) is 5.69 Å². The third-order valence-electron chi connectivity index (χ3n) is 3.35. The van der Waals surface area contributed by atoms with Crippen molar-refractivity contribution in [2.75, 3.05) is 30.9 Å². The van der Waals surface area contributed by atoms with Crippen LogP contribution in [0.1, 0.15) is 21.6 Å². The molecule has 0 bridgehead atoms. The van der Waals surface area contributed by atoms with Crippen molar-refractivity contribution in [1.82, 2.24) is 4.98 Å². The molecule has 0 aliphatic heterocycles. The highest BCUT2D eigenvalue weighted by Gasteiger charge is 2.10. The second-order valence-corrected chi connectivity index (χ2v) is 5.07. The topological polar surface area (TPSA) is 63.2 Å². The van der Waals surface area contributed by atoms with Gasteiger partial charge in [0.05, 0.1) is 18.5 Å². The van der Waals surface area contributed by atoms with Crippen LogP contribution in [0.25, 0.3) is 0 Å². The first-order valence-electron chi connectivity index (χ1n) is 7.18. The van der Waals surface area contributed by atoms with Gasteiger partial charge in [0.2, 0.25) is 0 Å². The van der Waals surface area contributed by atoms with E-state index in [-0.39, 0.29) is 5.91 Å². The fourth-order valence-electron chi connectivity index (χ4n) is 2.12.